The van der Waals surface area contributed by atoms with Crippen LogP contribution in [0.5, 0.6) is 5.88 Å². The molecule has 1 aliphatic rings. The van der Waals surface area contributed by atoms with Gasteiger partial charge in [-0.25, -0.2) is 4.79 Å². The smallest absolute Gasteiger partial charge is 0.459 e. The van der Waals surface area contributed by atoms with E-state index in [0.717, 1.165) is 0 Å². The van der Waals surface area contributed by atoms with Crippen LogP contribution in [0.3, 0.4) is 0 Å². The van der Waals surface area contributed by atoms with Crippen LogP contribution in [0.25, 0.3) is 0 Å². The highest BCUT2D eigenvalue weighted by Crippen LogP contribution is 2.28. The second kappa shape index (κ2) is 4.72. The van der Waals surface area contributed by atoms with Crippen molar-refractivity contribution in [2.24, 2.45) is 0 Å². The summed E-state index contributed by atoms with van der Waals surface area (Å²) in [6.07, 6.45) is 0.384. The molecule has 8 nitrogen and oxygen atoms in total. The number of ether oxygens (including phenoxy) is 1. The maximum atomic E-state index is 12.2. The van der Waals surface area contributed by atoms with E-state index in [9.17, 15) is 9.59 Å². The first-order valence-corrected chi connectivity index (χ1v) is 5.86. The first kappa shape index (κ1) is 12.3. The van der Waals surface area contributed by atoms with Crippen molar-refractivity contribution in [3.05, 3.63) is 35.5 Å². The van der Waals surface area contributed by atoms with Gasteiger partial charge in [-0.2, -0.15) is 0 Å². The van der Waals surface area contributed by atoms with Crippen LogP contribution in [0.4, 0.5) is 4.79 Å². The number of aromatic nitrogens is 1. The predicted octanol–water partition coefficient (Wildman–Crippen LogP) is 1.52. The highest BCUT2D eigenvalue weighted by atomic mass is 16.7. The third-order valence-corrected chi connectivity index (χ3v) is 2.99. The van der Waals surface area contributed by atoms with E-state index in [2.05, 4.69) is 9.89 Å². The lowest BCUT2D eigenvalue weighted by atomic mass is 10.1. The summed E-state index contributed by atoms with van der Waals surface area (Å²) in [7, 11) is 0. The van der Waals surface area contributed by atoms with Crippen LogP contribution in [0.2, 0.25) is 0 Å². The number of hydrogen-bond donors (Lipinski definition) is 1. The second-order valence-corrected chi connectivity index (χ2v) is 4.21. The number of hydrogen-bond acceptors (Lipinski definition) is 6. The largest absolute Gasteiger partial charge is 0.512 e. The lowest BCUT2D eigenvalue weighted by Crippen LogP contribution is -2.35. The van der Waals surface area contributed by atoms with Crippen LogP contribution in [0, 0.1) is 0 Å². The van der Waals surface area contributed by atoms with Crippen LogP contribution in [-0.2, 0) is 13.0 Å². The molecule has 0 radical (unpaired) electrons. The molecule has 0 spiro atoms. The fraction of sp³-hybridized carbons (Fsp3) is 0.250. The molecule has 0 atom stereocenters. The molecule has 3 rings (SSSR count). The fourth-order valence-electron chi connectivity index (χ4n) is 2.08. The summed E-state index contributed by atoms with van der Waals surface area (Å²) in [5.74, 6) is 0.364. The van der Waals surface area contributed by atoms with Gasteiger partial charge in [-0.15, -0.1) is 0 Å². The summed E-state index contributed by atoms with van der Waals surface area (Å²) in [6, 6.07) is 3.20. The minimum absolute atomic E-state index is 0.121. The number of carbonyl (C=O) groups is 2. The molecule has 1 aliphatic heterocycles. The van der Waals surface area contributed by atoms with E-state index in [1.54, 1.807) is 12.1 Å². The molecule has 0 fully saturated rings. The third kappa shape index (κ3) is 2.11. The molecule has 2 aromatic rings. The zero-order valence-corrected chi connectivity index (χ0v) is 10.2. The first-order valence-electron chi connectivity index (χ1n) is 5.86. The van der Waals surface area contributed by atoms with E-state index < -0.39 is 6.16 Å². The SMILES string of the molecule is O=C(O)Oc1noc2c1CN(C(=O)c1ccco1)CC2. The third-order valence-electron chi connectivity index (χ3n) is 2.99. The maximum absolute atomic E-state index is 12.2. The molecule has 20 heavy (non-hydrogen) atoms. The molecule has 2 aromatic heterocycles. The van der Waals surface area contributed by atoms with Crippen LogP contribution in [0.15, 0.2) is 27.3 Å². The molecule has 104 valence electrons. The van der Waals surface area contributed by atoms with Crippen LogP contribution >= 0.6 is 0 Å². The standard InChI is InChI=1S/C12H10N2O6/c15-11(9-2-1-5-18-9)14-4-3-8-7(6-14)10(13-20-8)19-12(16)17/h1-2,5H,3-4,6H2,(H,16,17). The van der Waals surface area contributed by atoms with Gasteiger partial charge >= 0.3 is 6.16 Å². The van der Waals surface area contributed by atoms with Gasteiger partial charge in [0.1, 0.15) is 5.76 Å². The Kier molecular flexibility index (Phi) is 2.90. The fourth-order valence-corrected chi connectivity index (χ4v) is 2.08. The van der Waals surface area contributed by atoms with Crippen LogP contribution in [0.1, 0.15) is 21.9 Å². The Morgan fingerprint density at radius 3 is 3.00 bits per heavy atom. The Balaban J connectivity index is 1.82. The topological polar surface area (TPSA) is 106 Å². The zero-order valence-electron chi connectivity index (χ0n) is 10.2. The van der Waals surface area contributed by atoms with Gasteiger partial charge in [0.05, 0.1) is 18.4 Å². The van der Waals surface area contributed by atoms with Crippen molar-refractivity contribution in [2.45, 2.75) is 13.0 Å². The van der Waals surface area contributed by atoms with E-state index in [4.69, 9.17) is 14.0 Å². The maximum Gasteiger partial charge on any atom is 0.512 e. The Bertz CT molecular complexity index is 645. The Morgan fingerprint density at radius 2 is 2.30 bits per heavy atom. The van der Waals surface area contributed by atoms with Crippen molar-refractivity contribution >= 4 is 12.1 Å². The first-order chi connectivity index (χ1) is 9.65. The lowest BCUT2D eigenvalue weighted by molar-refractivity contribution is 0.0696. The average Bonchev–Trinajstić information content (AvgIpc) is 3.07. The van der Waals surface area contributed by atoms with Gasteiger partial charge in [-0.05, 0) is 17.3 Å². The summed E-state index contributed by atoms with van der Waals surface area (Å²) in [6.45, 7) is 0.606. The van der Waals surface area contributed by atoms with Gasteiger partial charge in [-0.1, -0.05) is 0 Å². The summed E-state index contributed by atoms with van der Waals surface area (Å²) < 4.78 is 14.6. The highest BCUT2D eigenvalue weighted by Gasteiger charge is 2.30. The van der Waals surface area contributed by atoms with Gasteiger partial charge in [-0.3, -0.25) is 4.79 Å². The number of furan rings is 1. The quantitative estimate of drug-likeness (QED) is 0.830. The average molecular weight is 278 g/mol. The molecule has 0 aromatic carbocycles. The molecule has 0 aliphatic carbocycles. The number of rotatable bonds is 2. The lowest BCUT2D eigenvalue weighted by Gasteiger charge is -2.24. The number of amides is 1. The molecule has 1 N–H and O–H groups in total. The summed E-state index contributed by atoms with van der Waals surface area (Å²) in [4.78, 5) is 24.2. The van der Waals surface area contributed by atoms with E-state index in [1.165, 1.54) is 11.2 Å². The summed E-state index contributed by atoms with van der Waals surface area (Å²) in [5, 5.41) is 12.2. The molecule has 1 amide bonds. The number of carbonyl (C=O) groups excluding carboxylic acids is 1. The van der Waals surface area contributed by atoms with Crippen molar-refractivity contribution in [3.63, 3.8) is 0 Å². The minimum atomic E-state index is -1.48. The second-order valence-electron chi connectivity index (χ2n) is 4.21. The van der Waals surface area contributed by atoms with Crippen molar-refractivity contribution < 1.29 is 28.4 Å². The minimum Gasteiger partial charge on any atom is -0.459 e. The number of fused-ring (bicyclic) bond motifs is 1. The van der Waals surface area contributed by atoms with Crippen LogP contribution in [-0.4, -0.2) is 33.8 Å². The Morgan fingerprint density at radius 1 is 1.45 bits per heavy atom. The van der Waals surface area contributed by atoms with Crippen molar-refractivity contribution in [1.29, 1.82) is 0 Å². The zero-order chi connectivity index (χ0) is 14.1. The van der Waals surface area contributed by atoms with Crippen LogP contribution < -0.4 is 4.74 Å². The van der Waals surface area contributed by atoms with Gasteiger partial charge in [0.25, 0.3) is 11.8 Å². The van der Waals surface area contributed by atoms with Crippen molar-refractivity contribution in [2.75, 3.05) is 6.54 Å². The van der Waals surface area contributed by atoms with E-state index in [1.807, 2.05) is 0 Å². The monoisotopic (exact) mass is 278 g/mol. The molecule has 0 bridgehead atoms. The highest BCUT2D eigenvalue weighted by molar-refractivity contribution is 5.91. The van der Waals surface area contributed by atoms with E-state index >= 15 is 0 Å². The molecule has 0 unspecified atom stereocenters. The van der Waals surface area contributed by atoms with Gasteiger partial charge in [0, 0.05) is 13.0 Å². The molecule has 8 heteroatoms. The van der Waals surface area contributed by atoms with Crippen molar-refractivity contribution in [1.82, 2.24) is 10.1 Å². The summed E-state index contributed by atoms with van der Waals surface area (Å²) >= 11 is 0. The molecular formula is C12H10N2O6. The summed E-state index contributed by atoms with van der Waals surface area (Å²) in [5.41, 5.74) is 0.471. The van der Waals surface area contributed by atoms with Gasteiger partial charge in [0.15, 0.2) is 5.76 Å². The molecule has 3 heterocycles. The molecule has 0 saturated carbocycles. The van der Waals surface area contributed by atoms with E-state index in [-0.39, 0.29) is 24.1 Å². The number of nitrogens with zero attached hydrogens (tertiary/aromatic N) is 2. The van der Waals surface area contributed by atoms with E-state index in [0.29, 0.717) is 24.3 Å². The normalized spacial score (nSPS) is 13.9. The Hall–Kier alpha value is -2.77. The van der Waals surface area contributed by atoms with Gasteiger partial charge < -0.3 is 23.7 Å². The number of carboxylic acid groups (broad SMARTS) is 1. The van der Waals surface area contributed by atoms with Gasteiger partial charge in [0.2, 0.25) is 0 Å². The predicted molar refractivity (Wildman–Crippen MR) is 62.3 cm³/mol. The molecule has 0 saturated heterocycles. The molecular weight excluding hydrogens is 268 g/mol. The van der Waals surface area contributed by atoms with Crippen molar-refractivity contribution in [3.8, 4) is 5.88 Å². The Labute approximate surface area is 112 Å².